The lowest BCUT2D eigenvalue weighted by Gasteiger charge is -2.34. The van der Waals surface area contributed by atoms with Crippen LogP contribution in [0.5, 0.6) is 0 Å². The molecule has 29 heavy (non-hydrogen) atoms. The van der Waals surface area contributed by atoms with Gasteiger partial charge in [0.1, 0.15) is 0 Å². The van der Waals surface area contributed by atoms with Gasteiger partial charge in [-0.25, -0.2) is 0 Å². The summed E-state index contributed by atoms with van der Waals surface area (Å²) in [6.07, 6.45) is 0. The third kappa shape index (κ3) is 11.3. The van der Waals surface area contributed by atoms with Crippen molar-refractivity contribution in [2.24, 2.45) is 0 Å². The van der Waals surface area contributed by atoms with E-state index in [2.05, 4.69) is 5.32 Å². The molecule has 0 atom stereocenters. The topological polar surface area (TPSA) is 162 Å². The molecule has 0 spiro atoms. The van der Waals surface area contributed by atoms with E-state index in [0.717, 1.165) is 0 Å². The van der Waals surface area contributed by atoms with Crippen LogP contribution in [0.3, 0.4) is 0 Å². The lowest BCUT2D eigenvalue weighted by Crippen LogP contribution is -2.51. The van der Waals surface area contributed by atoms with Crippen molar-refractivity contribution in [3.63, 3.8) is 0 Å². The van der Waals surface area contributed by atoms with Crippen LogP contribution in [0, 0.1) is 0 Å². The van der Waals surface area contributed by atoms with Crippen LogP contribution in [0.4, 0.5) is 0 Å². The Labute approximate surface area is 169 Å². The van der Waals surface area contributed by atoms with Gasteiger partial charge in [-0.3, -0.25) is 24.4 Å². The van der Waals surface area contributed by atoms with Crippen molar-refractivity contribution < 1.29 is 34.5 Å². The minimum absolute atomic E-state index is 0.0889. The molecule has 0 unspecified atom stereocenters. The van der Waals surface area contributed by atoms with Gasteiger partial charge in [0.05, 0.1) is 24.5 Å². The van der Waals surface area contributed by atoms with Crippen LogP contribution < -0.4 is 20.6 Å². The summed E-state index contributed by atoms with van der Waals surface area (Å²) in [4.78, 5) is 51.5. The third-order valence-corrected chi connectivity index (χ3v) is 4.63. The summed E-state index contributed by atoms with van der Waals surface area (Å²) in [5.41, 5.74) is 0. The largest absolute Gasteiger partial charge is 0.549 e. The number of likely N-dealkylation sites (N-methyl/N-ethyl adjacent to an activating group) is 1. The molecular formula is C17H28N5O7-3. The number of hydrogen-bond donors (Lipinski definition) is 1. The number of carbonyl (C=O) groups excluding carboxylic acids is 4. The zero-order valence-corrected chi connectivity index (χ0v) is 16.6. The Bertz CT molecular complexity index is 542. The molecule has 1 fully saturated rings. The summed E-state index contributed by atoms with van der Waals surface area (Å²) in [5.74, 6) is -3.98. The number of nitrogens with zero attached hydrogens (tertiary/aromatic N) is 4. The molecule has 0 saturated carbocycles. The second-order valence-corrected chi connectivity index (χ2v) is 6.89. The standard InChI is InChI=1S/C17H31N5O7/c1-18-14(23)10-19-2-4-20(11-15(24)25)6-8-22(13-17(28)29)9-7-21(5-3-19)12-16(26)27/h2-13H2,1H3,(H,18,23)(H,24,25)(H,26,27)(H,28,29)/p-3. The average molecular weight is 414 g/mol. The summed E-state index contributed by atoms with van der Waals surface area (Å²) in [6, 6.07) is 0. The minimum atomic E-state index is -1.27. The fourth-order valence-corrected chi connectivity index (χ4v) is 3.04. The van der Waals surface area contributed by atoms with Crippen LogP contribution >= 0.6 is 0 Å². The Morgan fingerprint density at radius 1 is 0.586 bits per heavy atom. The third-order valence-electron chi connectivity index (χ3n) is 4.63. The maximum Gasteiger partial charge on any atom is 0.233 e. The lowest BCUT2D eigenvalue weighted by atomic mass is 10.3. The fourth-order valence-electron chi connectivity index (χ4n) is 3.04. The van der Waals surface area contributed by atoms with Crippen LogP contribution in [-0.2, 0) is 19.2 Å². The van der Waals surface area contributed by atoms with Gasteiger partial charge in [0.15, 0.2) is 0 Å². The molecule has 1 saturated heterocycles. The van der Waals surface area contributed by atoms with E-state index in [1.165, 1.54) is 7.05 Å². The molecule has 1 aliphatic heterocycles. The van der Waals surface area contributed by atoms with Crippen LogP contribution in [0.25, 0.3) is 0 Å². The van der Waals surface area contributed by atoms with Gasteiger partial charge in [0.2, 0.25) is 5.91 Å². The van der Waals surface area contributed by atoms with Crippen molar-refractivity contribution in [3.05, 3.63) is 0 Å². The van der Waals surface area contributed by atoms with Gasteiger partial charge in [-0.15, -0.1) is 0 Å². The molecule has 166 valence electrons. The van der Waals surface area contributed by atoms with Gasteiger partial charge in [-0.05, 0) is 0 Å². The predicted molar refractivity (Wildman–Crippen MR) is 94.8 cm³/mol. The van der Waals surface area contributed by atoms with Gasteiger partial charge >= 0.3 is 0 Å². The molecule has 1 rings (SSSR count). The minimum Gasteiger partial charge on any atom is -0.549 e. The van der Waals surface area contributed by atoms with E-state index in [4.69, 9.17) is 0 Å². The van der Waals surface area contributed by atoms with Gasteiger partial charge in [-0.2, -0.15) is 0 Å². The van der Waals surface area contributed by atoms with Crippen molar-refractivity contribution in [1.29, 1.82) is 0 Å². The molecule has 1 heterocycles. The molecular weight excluding hydrogens is 386 g/mol. The molecule has 1 aliphatic rings. The van der Waals surface area contributed by atoms with Gasteiger partial charge in [0.25, 0.3) is 0 Å². The van der Waals surface area contributed by atoms with Crippen molar-refractivity contribution in [3.8, 4) is 0 Å². The number of amides is 1. The molecule has 0 bridgehead atoms. The second kappa shape index (κ2) is 13.0. The highest BCUT2D eigenvalue weighted by molar-refractivity contribution is 5.77. The molecule has 1 N–H and O–H groups in total. The number of aliphatic carboxylic acids is 3. The number of carboxylic acids is 3. The molecule has 0 radical (unpaired) electrons. The highest BCUT2D eigenvalue weighted by Gasteiger charge is 2.18. The zero-order valence-electron chi connectivity index (χ0n) is 16.6. The predicted octanol–water partition coefficient (Wildman–Crippen LogP) is -6.80. The first-order valence-corrected chi connectivity index (χ1v) is 9.39. The average Bonchev–Trinajstić information content (AvgIpc) is 2.62. The first-order chi connectivity index (χ1) is 13.7. The number of hydrogen-bond acceptors (Lipinski definition) is 11. The second-order valence-electron chi connectivity index (χ2n) is 6.89. The van der Waals surface area contributed by atoms with Gasteiger partial charge in [0, 0.05) is 79.0 Å². The normalized spacial score (nSPS) is 19.1. The molecule has 12 heteroatoms. The van der Waals surface area contributed by atoms with E-state index in [9.17, 15) is 34.5 Å². The van der Waals surface area contributed by atoms with E-state index < -0.39 is 17.9 Å². The molecule has 0 aromatic carbocycles. The Hall–Kier alpha value is -2.28. The van der Waals surface area contributed by atoms with Gasteiger partial charge < -0.3 is 35.0 Å². The van der Waals surface area contributed by atoms with Crippen LogP contribution in [0.2, 0.25) is 0 Å². The summed E-state index contributed by atoms with van der Waals surface area (Å²) in [6.45, 7) is 1.58. The number of carboxylic acid groups (broad SMARTS) is 3. The van der Waals surface area contributed by atoms with Crippen LogP contribution in [0.1, 0.15) is 0 Å². The molecule has 1 amide bonds. The maximum absolute atomic E-state index is 11.8. The summed E-state index contributed by atoms with van der Waals surface area (Å²) < 4.78 is 0. The summed E-state index contributed by atoms with van der Waals surface area (Å²) in [7, 11) is 1.51. The van der Waals surface area contributed by atoms with E-state index in [-0.39, 0.29) is 58.3 Å². The molecule has 0 aromatic rings. The first-order valence-electron chi connectivity index (χ1n) is 9.39. The van der Waals surface area contributed by atoms with E-state index in [1.807, 2.05) is 4.90 Å². The Morgan fingerprint density at radius 3 is 1.03 bits per heavy atom. The van der Waals surface area contributed by atoms with Crippen LogP contribution in [0.15, 0.2) is 0 Å². The molecule has 0 aliphatic carbocycles. The van der Waals surface area contributed by atoms with Crippen molar-refractivity contribution in [2.75, 3.05) is 85.6 Å². The smallest absolute Gasteiger partial charge is 0.233 e. The Morgan fingerprint density at radius 2 is 0.828 bits per heavy atom. The highest BCUT2D eigenvalue weighted by Crippen LogP contribution is 2.00. The highest BCUT2D eigenvalue weighted by atomic mass is 16.4. The monoisotopic (exact) mass is 414 g/mol. The van der Waals surface area contributed by atoms with Crippen molar-refractivity contribution in [1.82, 2.24) is 24.9 Å². The fraction of sp³-hybridized carbons (Fsp3) is 0.765. The molecule has 12 nitrogen and oxygen atoms in total. The summed E-state index contributed by atoms with van der Waals surface area (Å²) in [5, 5.41) is 35.6. The Balaban J connectivity index is 2.92. The lowest BCUT2D eigenvalue weighted by molar-refractivity contribution is -0.308. The quantitative estimate of drug-likeness (QED) is 0.401. The zero-order chi connectivity index (χ0) is 21.8. The first kappa shape index (κ1) is 24.8. The van der Waals surface area contributed by atoms with E-state index >= 15 is 0 Å². The van der Waals surface area contributed by atoms with Crippen LogP contribution in [-0.4, -0.2) is 129 Å². The maximum atomic E-state index is 11.8. The van der Waals surface area contributed by atoms with Gasteiger partial charge in [-0.1, -0.05) is 0 Å². The van der Waals surface area contributed by atoms with E-state index in [0.29, 0.717) is 26.2 Å². The van der Waals surface area contributed by atoms with Crippen molar-refractivity contribution in [2.45, 2.75) is 0 Å². The number of rotatable bonds is 8. The van der Waals surface area contributed by atoms with Crippen molar-refractivity contribution >= 4 is 23.8 Å². The number of carbonyl (C=O) groups is 4. The SMILES string of the molecule is CNC(=O)CN1CCN(CC(=O)[O-])CCN(CC(=O)[O-])CCN(CC(=O)[O-])CC1. The number of nitrogens with one attached hydrogen (secondary N) is 1. The Kier molecular flexibility index (Phi) is 11.1. The molecule has 0 aromatic heterocycles. The van der Waals surface area contributed by atoms with E-state index in [1.54, 1.807) is 14.7 Å². The summed E-state index contributed by atoms with van der Waals surface area (Å²) >= 11 is 0.